The van der Waals surface area contributed by atoms with Crippen molar-refractivity contribution in [3.8, 4) is 0 Å². The Balaban J connectivity index is 2.31. The summed E-state index contributed by atoms with van der Waals surface area (Å²) in [4.78, 5) is 0. The van der Waals surface area contributed by atoms with Gasteiger partial charge < -0.3 is 4.48 Å². The maximum Gasteiger partial charge on any atom is 0.0864 e. The highest BCUT2D eigenvalue weighted by Gasteiger charge is 2.24. The smallest absolute Gasteiger partial charge is 0.0864 e. The highest BCUT2D eigenvalue weighted by Crippen LogP contribution is 2.30. The summed E-state index contributed by atoms with van der Waals surface area (Å²) in [6.45, 7) is 2.35. The van der Waals surface area contributed by atoms with Crippen LogP contribution < -0.4 is 0 Å². The molecule has 20 heavy (non-hydrogen) atoms. The van der Waals surface area contributed by atoms with Gasteiger partial charge in [0.1, 0.15) is 0 Å². The van der Waals surface area contributed by atoms with E-state index >= 15 is 0 Å². The van der Waals surface area contributed by atoms with E-state index in [1.165, 1.54) is 11.1 Å². The van der Waals surface area contributed by atoms with E-state index in [1.807, 2.05) is 0 Å². The average Bonchev–Trinajstić information content (AvgIpc) is 2.45. The van der Waals surface area contributed by atoms with Gasteiger partial charge in [-0.25, -0.2) is 0 Å². The standard InChI is InChI=1S/C19H26N/c1-16(20(2,3)4)15-19(17-11-7-5-8-12-17)18-13-9-6-10-14-18/h5-14,16,19H,15H2,1-4H3/q+1/t16-/m0/s1. The lowest BCUT2D eigenvalue weighted by Crippen LogP contribution is -2.44. The molecular formula is C19H26N+. The van der Waals surface area contributed by atoms with Crippen molar-refractivity contribution < 1.29 is 4.48 Å². The van der Waals surface area contributed by atoms with E-state index in [2.05, 4.69) is 88.7 Å². The topological polar surface area (TPSA) is 0 Å². The Morgan fingerprint density at radius 2 is 1.15 bits per heavy atom. The second-order valence-electron chi connectivity index (χ2n) is 6.57. The molecule has 0 aliphatic rings. The number of hydrogen-bond donors (Lipinski definition) is 0. The Kier molecular flexibility index (Phi) is 4.61. The van der Waals surface area contributed by atoms with Crippen LogP contribution in [0.15, 0.2) is 60.7 Å². The molecule has 2 aromatic carbocycles. The highest BCUT2D eigenvalue weighted by molar-refractivity contribution is 5.32. The Morgan fingerprint density at radius 3 is 1.50 bits per heavy atom. The van der Waals surface area contributed by atoms with Crippen LogP contribution in [0.3, 0.4) is 0 Å². The Labute approximate surface area is 123 Å². The molecule has 2 rings (SSSR count). The first-order valence-corrected chi connectivity index (χ1v) is 7.39. The summed E-state index contributed by atoms with van der Waals surface area (Å²) in [7, 11) is 6.83. The lowest BCUT2D eigenvalue weighted by molar-refractivity contribution is -0.894. The summed E-state index contributed by atoms with van der Waals surface area (Å²) in [6, 6.07) is 22.4. The fourth-order valence-electron chi connectivity index (χ4n) is 2.49. The minimum Gasteiger partial charge on any atom is -0.329 e. The lowest BCUT2D eigenvalue weighted by atomic mass is 9.86. The summed E-state index contributed by atoms with van der Waals surface area (Å²) >= 11 is 0. The monoisotopic (exact) mass is 268 g/mol. The van der Waals surface area contributed by atoms with Crippen LogP contribution in [0.25, 0.3) is 0 Å². The van der Waals surface area contributed by atoms with Gasteiger partial charge in [-0.2, -0.15) is 0 Å². The van der Waals surface area contributed by atoms with Crippen LogP contribution in [-0.4, -0.2) is 31.7 Å². The van der Waals surface area contributed by atoms with Crippen molar-refractivity contribution in [2.75, 3.05) is 21.1 Å². The van der Waals surface area contributed by atoms with Crippen LogP contribution >= 0.6 is 0 Å². The normalized spacial score (nSPS) is 13.4. The van der Waals surface area contributed by atoms with Gasteiger partial charge in [0.05, 0.1) is 27.2 Å². The van der Waals surface area contributed by atoms with Crippen molar-refractivity contribution in [3.63, 3.8) is 0 Å². The molecule has 0 heterocycles. The van der Waals surface area contributed by atoms with E-state index in [-0.39, 0.29) is 0 Å². The van der Waals surface area contributed by atoms with E-state index in [0.717, 1.165) is 10.9 Å². The molecule has 106 valence electrons. The third-order valence-corrected chi connectivity index (χ3v) is 4.30. The molecule has 2 aromatic rings. The van der Waals surface area contributed by atoms with Gasteiger partial charge in [0.15, 0.2) is 0 Å². The van der Waals surface area contributed by atoms with Crippen molar-refractivity contribution in [2.45, 2.75) is 25.3 Å². The minimum absolute atomic E-state index is 0.477. The van der Waals surface area contributed by atoms with Crippen molar-refractivity contribution in [1.82, 2.24) is 0 Å². The summed E-state index contributed by atoms with van der Waals surface area (Å²) in [6.07, 6.45) is 1.16. The summed E-state index contributed by atoms with van der Waals surface area (Å²) in [5.41, 5.74) is 2.83. The van der Waals surface area contributed by atoms with Crippen LogP contribution in [0.5, 0.6) is 0 Å². The zero-order chi connectivity index (χ0) is 14.6. The van der Waals surface area contributed by atoms with Crippen LogP contribution in [-0.2, 0) is 0 Å². The third kappa shape index (κ3) is 3.71. The molecule has 0 N–H and O–H groups in total. The average molecular weight is 268 g/mol. The van der Waals surface area contributed by atoms with Gasteiger partial charge in [0.25, 0.3) is 0 Å². The van der Waals surface area contributed by atoms with Gasteiger partial charge in [-0.05, 0) is 18.1 Å². The van der Waals surface area contributed by atoms with Gasteiger partial charge in [0, 0.05) is 12.3 Å². The molecule has 0 amide bonds. The van der Waals surface area contributed by atoms with Gasteiger partial charge in [0.2, 0.25) is 0 Å². The molecule has 0 aliphatic carbocycles. The van der Waals surface area contributed by atoms with Crippen molar-refractivity contribution in [1.29, 1.82) is 0 Å². The number of rotatable bonds is 5. The SMILES string of the molecule is C[C@@H](CC(c1ccccc1)c1ccccc1)[N+](C)(C)C. The summed E-state index contributed by atoms with van der Waals surface area (Å²) in [5, 5.41) is 0. The van der Waals surface area contributed by atoms with Gasteiger partial charge >= 0.3 is 0 Å². The molecule has 0 fully saturated rings. The van der Waals surface area contributed by atoms with Crippen molar-refractivity contribution in [3.05, 3.63) is 71.8 Å². The van der Waals surface area contributed by atoms with E-state index in [4.69, 9.17) is 0 Å². The first kappa shape index (κ1) is 14.8. The van der Waals surface area contributed by atoms with Crippen LogP contribution in [0.1, 0.15) is 30.4 Å². The van der Waals surface area contributed by atoms with Crippen LogP contribution in [0, 0.1) is 0 Å². The van der Waals surface area contributed by atoms with Gasteiger partial charge in [-0.3, -0.25) is 0 Å². The van der Waals surface area contributed by atoms with Crippen molar-refractivity contribution in [2.24, 2.45) is 0 Å². The first-order valence-electron chi connectivity index (χ1n) is 7.39. The van der Waals surface area contributed by atoms with Gasteiger partial charge in [-0.1, -0.05) is 60.7 Å². The molecule has 0 aliphatic heterocycles. The molecule has 0 saturated heterocycles. The van der Waals surface area contributed by atoms with Crippen LogP contribution in [0.2, 0.25) is 0 Å². The number of quaternary nitrogens is 1. The Hall–Kier alpha value is -1.60. The second kappa shape index (κ2) is 6.23. The predicted molar refractivity (Wildman–Crippen MR) is 86.8 cm³/mol. The zero-order valence-corrected chi connectivity index (χ0v) is 13.1. The highest BCUT2D eigenvalue weighted by atomic mass is 15.3. The molecule has 0 radical (unpaired) electrons. The zero-order valence-electron chi connectivity index (χ0n) is 13.1. The van der Waals surface area contributed by atoms with Crippen LogP contribution in [0.4, 0.5) is 0 Å². The molecule has 0 spiro atoms. The van der Waals surface area contributed by atoms with E-state index in [0.29, 0.717) is 12.0 Å². The predicted octanol–water partition coefficient (Wildman–Crippen LogP) is 4.30. The number of hydrogen-bond acceptors (Lipinski definition) is 0. The molecule has 1 nitrogen and oxygen atoms in total. The van der Waals surface area contributed by atoms with E-state index in [1.54, 1.807) is 0 Å². The molecule has 1 atom stereocenters. The summed E-state index contributed by atoms with van der Waals surface area (Å²) in [5.74, 6) is 0.477. The first-order chi connectivity index (χ1) is 9.48. The van der Waals surface area contributed by atoms with Gasteiger partial charge in [-0.15, -0.1) is 0 Å². The third-order valence-electron chi connectivity index (χ3n) is 4.30. The number of benzene rings is 2. The minimum atomic E-state index is 0.477. The molecule has 0 aromatic heterocycles. The maximum atomic E-state index is 2.35. The molecule has 0 bridgehead atoms. The second-order valence-corrected chi connectivity index (χ2v) is 6.57. The Morgan fingerprint density at radius 1 is 0.750 bits per heavy atom. The number of nitrogens with zero attached hydrogens (tertiary/aromatic N) is 1. The van der Waals surface area contributed by atoms with E-state index < -0.39 is 0 Å². The van der Waals surface area contributed by atoms with E-state index in [9.17, 15) is 0 Å². The Bertz CT molecular complexity index is 471. The quantitative estimate of drug-likeness (QED) is 0.709. The van der Waals surface area contributed by atoms with Crippen molar-refractivity contribution >= 4 is 0 Å². The maximum absolute atomic E-state index is 2.35. The molecular weight excluding hydrogens is 242 g/mol. The summed E-state index contributed by atoms with van der Waals surface area (Å²) < 4.78 is 0.996. The molecule has 0 unspecified atom stereocenters. The fourth-order valence-corrected chi connectivity index (χ4v) is 2.49. The largest absolute Gasteiger partial charge is 0.329 e. The fraction of sp³-hybridized carbons (Fsp3) is 0.368. The lowest BCUT2D eigenvalue weighted by Gasteiger charge is -2.34. The molecule has 1 heteroatoms. The molecule has 0 saturated carbocycles.